The molecule has 0 spiro atoms. The van der Waals surface area contributed by atoms with Crippen LogP contribution in [-0.4, -0.2) is 12.5 Å². The molecule has 0 radical (unpaired) electrons. The SMILES string of the molecule is CCNC(=O)[C@H]1CCCC(C)C1. The van der Waals surface area contributed by atoms with E-state index in [2.05, 4.69) is 12.2 Å². The largest absolute Gasteiger partial charge is 0.356 e. The average Bonchev–Trinajstić information content (AvgIpc) is 2.05. The lowest BCUT2D eigenvalue weighted by atomic mass is 9.82. The number of rotatable bonds is 2. The highest BCUT2D eigenvalue weighted by Crippen LogP contribution is 2.28. The smallest absolute Gasteiger partial charge is 0.223 e. The van der Waals surface area contributed by atoms with Crippen LogP contribution in [0.25, 0.3) is 0 Å². The molecule has 1 saturated carbocycles. The third kappa shape index (κ3) is 2.50. The van der Waals surface area contributed by atoms with E-state index in [1.807, 2.05) is 6.92 Å². The Morgan fingerprint density at radius 2 is 2.25 bits per heavy atom. The van der Waals surface area contributed by atoms with Crippen molar-refractivity contribution in [3.8, 4) is 0 Å². The van der Waals surface area contributed by atoms with Crippen molar-refractivity contribution in [1.29, 1.82) is 0 Å². The van der Waals surface area contributed by atoms with Gasteiger partial charge >= 0.3 is 0 Å². The van der Waals surface area contributed by atoms with Crippen molar-refractivity contribution in [2.24, 2.45) is 11.8 Å². The normalized spacial score (nSPS) is 29.8. The van der Waals surface area contributed by atoms with Crippen molar-refractivity contribution in [1.82, 2.24) is 5.32 Å². The number of amides is 1. The van der Waals surface area contributed by atoms with Crippen molar-refractivity contribution < 1.29 is 4.79 Å². The molecule has 1 unspecified atom stereocenters. The average molecular weight is 169 g/mol. The minimum atomic E-state index is 0.268. The Morgan fingerprint density at radius 3 is 2.83 bits per heavy atom. The number of nitrogens with one attached hydrogen (secondary N) is 1. The fourth-order valence-electron chi connectivity index (χ4n) is 1.99. The van der Waals surface area contributed by atoms with Crippen LogP contribution in [0.3, 0.4) is 0 Å². The molecule has 1 rings (SSSR count). The van der Waals surface area contributed by atoms with Gasteiger partial charge in [0.15, 0.2) is 0 Å². The highest BCUT2D eigenvalue weighted by atomic mass is 16.1. The lowest BCUT2D eigenvalue weighted by Gasteiger charge is -2.25. The van der Waals surface area contributed by atoms with E-state index in [9.17, 15) is 4.79 Å². The summed E-state index contributed by atoms with van der Waals surface area (Å²) in [6.45, 7) is 4.99. The van der Waals surface area contributed by atoms with E-state index in [-0.39, 0.29) is 5.91 Å². The van der Waals surface area contributed by atoms with Crippen molar-refractivity contribution in [2.45, 2.75) is 39.5 Å². The van der Waals surface area contributed by atoms with E-state index in [1.165, 1.54) is 12.8 Å². The summed E-state index contributed by atoms with van der Waals surface area (Å²) in [4.78, 5) is 11.4. The molecule has 0 heterocycles. The zero-order valence-electron chi connectivity index (χ0n) is 8.10. The van der Waals surface area contributed by atoms with Crippen LogP contribution in [0, 0.1) is 11.8 Å². The summed E-state index contributed by atoms with van der Waals surface area (Å²) in [6, 6.07) is 0. The molecule has 1 amide bonds. The second-order valence-corrected chi connectivity index (χ2v) is 3.86. The first kappa shape index (κ1) is 9.56. The second-order valence-electron chi connectivity index (χ2n) is 3.86. The minimum absolute atomic E-state index is 0.268. The third-order valence-corrected chi connectivity index (χ3v) is 2.66. The van der Waals surface area contributed by atoms with Gasteiger partial charge in [0.1, 0.15) is 0 Å². The Bertz CT molecular complexity index is 156. The van der Waals surface area contributed by atoms with Gasteiger partial charge < -0.3 is 5.32 Å². The van der Waals surface area contributed by atoms with E-state index in [0.29, 0.717) is 5.92 Å². The summed E-state index contributed by atoms with van der Waals surface area (Å²) in [5, 5.41) is 2.90. The molecule has 0 aromatic carbocycles. The fourth-order valence-corrected chi connectivity index (χ4v) is 1.99. The van der Waals surface area contributed by atoms with Crippen LogP contribution in [0.1, 0.15) is 39.5 Å². The van der Waals surface area contributed by atoms with Gasteiger partial charge in [-0.1, -0.05) is 19.8 Å². The van der Waals surface area contributed by atoms with Gasteiger partial charge in [-0.15, -0.1) is 0 Å². The molecular formula is C10H19NO. The van der Waals surface area contributed by atoms with E-state index >= 15 is 0 Å². The molecule has 0 aliphatic heterocycles. The van der Waals surface area contributed by atoms with Crippen molar-refractivity contribution in [3.63, 3.8) is 0 Å². The quantitative estimate of drug-likeness (QED) is 0.672. The maximum absolute atomic E-state index is 11.4. The lowest BCUT2D eigenvalue weighted by molar-refractivity contribution is -0.126. The highest BCUT2D eigenvalue weighted by Gasteiger charge is 2.24. The van der Waals surface area contributed by atoms with Gasteiger partial charge in [0.05, 0.1) is 0 Å². The van der Waals surface area contributed by atoms with Gasteiger partial charge in [0.2, 0.25) is 5.91 Å². The monoisotopic (exact) mass is 169 g/mol. The first-order valence-electron chi connectivity index (χ1n) is 5.01. The highest BCUT2D eigenvalue weighted by molar-refractivity contribution is 5.78. The molecule has 70 valence electrons. The predicted molar refractivity (Wildman–Crippen MR) is 49.8 cm³/mol. The number of hydrogen-bond donors (Lipinski definition) is 1. The van der Waals surface area contributed by atoms with Gasteiger partial charge in [0.25, 0.3) is 0 Å². The van der Waals surface area contributed by atoms with Crippen molar-refractivity contribution >= 4 is 5.91 Å². The van der Waals surface area contributed by atoms with Crippen molar-refractivity contribution in [3.05, 3.63) is 0 Å². The maximum atomic E-state index is 11.4. The predicted octanol–water partition coefficient (Wildman–Crippen LogP) is 1.95. The number of carbonyl (C=O) groups excluding carboxylic acids is 1. The van der Waals surface area contributed by atoms with Crippen LogP contribution in [-0.2, 0) is 4.79 Å². The van der Waals surface area contributed by atoms with Crippen molar-refractivity contribution in [2.75, 3.05) is 6.54 Å². The third-order valence-electron chi connectivity index (χ3n) is 2.66. The molecule has 0 aromatic rings. The molecule has 1 fully saturated rings. The van der Waals surface area contributed by atoms with Gasteiger partial charge in [-0.2, -0.15) is 0 Å². The molecule has 1 aliphatic rings. The summed E-state index contributed by atoms with van der Waals surface area (Å²) in [5.41, 5.74) is 0. The van der Waals surface area contributed by atoms with E-state index in [0.717, 1.165) is 25.3 Å². The Kier molecular flexibility index (Phi) is 3.57. The molecule has 1 N–H and O–H groups in total. The second kappa shape index (κ2) is 4.48. The van der Waals surface area contributed by atoms with Crippen LogP contribution in [0.2, 0.25) is 0 Å². The molecule has 2 atom stereocenters. The molecule has 2 heteroatoms. The van der Waals surface area contributed by atoms with Gasteiger partial charge in [-0.25, -0.2) is 0 Å². The van der Waals surface area contributed by atoms with E-state index < -0.39 is 0 Å². The topological polar surface area (TPSA) is 29.1 Å². The molecule has 2 nitrogen and oxygen atoms in total. The molecular weight excluding hydrogens is 150 g/mol. The standard InChI is InChI=1S/C10H19NO/c1-3-11-10(12)9-6-4-5-8(2)7-9/h8-9H,3-7H2,1-2H3,(H,11,12)/t8?,9-/m0/s1. The van der Waals surface area contributed by atoms with E-state index in [4.69, 9.17) is 0 Å². The maximum Gasteiger partial charge on any atom is 0.223 e. The Hall–Kier alpha value is -0.530. The van der Waals surface area contributed by atoms with Crippen LogP contribution in [0.4, 0.5) is 0 Å². The molecule has 1 aliphatic carbocycles. The summed E-state index contributed by atoms with van der Waals surface area (Å²) < 4.78 is 0. The minimum Gasteiger partial charge on any atom is -0.356 e. The summed E-state index contributed by atoms with van der Waals surface area (Å²) >= 11 is 0. The number of carbonyl (C=O) groups is 1. The first-order chi connectivity index (χ1) is 5.74. The van der Waals surface area contributed by atoms with E-state index in [1.54, 1.807) is 0 Å². The van der Waals surface area contributed by atoms with Gasteiger partial charge in [-0.05, 0) is 25.7 Å². The fraction of sp³-hybridized carbons (Fsp3) is 0.900. The van der Waals surface area contributed by atoms with Crippen LogP contribution in [0.5, 0.6) is 0 Å². The van der Waals surface area contributed by atoms with Crippen LogP contribution in [0.15, 0.2) is 0 Å². The van der Waals surface area contributed by atoms with Crippen LogP contribution >= 0.6 is 0 Å². The van der Waals surface area contributed by atoms with Crippen LogP contribution < -0.4 is 5.32 Å². The zero-order valence-corrected chi connectivity index (χ0v) is 8.10. The molecule has 0 aromatic heterocycles. The molecule has 12 heavy (non-hydrogen) atoms. The Balaban J connectivity index is 2.35. The zero-order chi connectivity index (χ0) is 8.97. The first-order valence-corrected chi connectivity index (χ1v) is 5.01. The molecule has 0 bridgehead atoms. The Morgan fingerprint density at radius 1 is 1.50 bits per heavy atom. The summed E-state index contributed by atoms with van der Waals surface area (Å²) in [5.74, 6) is 1.31. The van der Waals surface area contributed by atoms with Gasteiger partial charge in [-0.3, -0.25) is 4.79 Å². The van der Waals surface area contributed by atoms with Gasteiger partial charge in [0, 0.05) is 12.5 Å². The summed E-state index contributed by atoms with van der Waals surface area (Å²) in [7, 11) is 0. The Labute approximate surface area is 74.7 Å². The number of hydrogen-bond acceptors (Lipinski definition) is 1. The molecule has 0 saturated heterocycles. The lowest BCUT2D eigenvalue weighted by Crippen LogP contribution is -2.33. The summed E-state index contributed by atoms with van der Waals surface area (Å²) in [6.07, 6.45) is 4.71.